The van der Waals surface area contributed by atoms with Crippen molar-refractivity contribution in [1.82, 2.24) is 0 Å². The SMILES string of the molecule is CC(C)c1ccc(N(C(=N)N)c2ccc(C(C)C)cc2)cc1. The van der Waals surface area contributed by atoms with Crippen LogP contribution in [-0.2, 0) is 0 Å². The molecule has 0 bridgehead atoms. The standard InChI is InChI=1S/C19H25N3/c1-13(2)15-5-9-17(10-6-15)22(19(20)21)18-11-7-16(8-12-18)14(3)4/h5-14H,1-4H3,(H3,20,21). The van der Waals surface area contributed by atoms with E-state index in [0.29, 0.717) is 11.8 Å². The van der Waals surface area contributed by atoms with E-state index >= 15 is 0 Å². The molecule has 2 rings (SSSR count). The van der Waals surface area contributed by atoms with Gasteiger partial charge in [-0.3, -0.25) is 10.3 Å². The minimum absolute atomic E-state index is 0.0228. The molecule has 0 atom stereocenters. The Labute approximate surface area is 133 Å². The topological polar surface area (TPSA) is 53.1 Å². The van der Waals surface area contributed by atoms with Crippen molar-refractivity contribution in [1.29, 1.82) is 5.41 Å². The normalized spacial score (nSPS) is 11.0. The van der Waals surface area contributed by atoms with E-state index in [9.17, 15) is 0 Å². The average Bonchev–Trinajstić information content (AvgIpc) is 2.48. The molecule has 0 spiro atoms. The second-order valence-corrected chi connectivity index (χ2v) is 6.21. The van der Waals surface area contributed by atoms with Gasteiger partial charge in [0.05, 0.1) is 0 Å². The minimum Gasteiger partial charge on any atom is -0.369 e. The number of benzene rings is 2. The van der Waals surface area contributed by atoms with Gasteiger partial charge < -0.3 is 5.73 Å². The lowest BCUT2D eigenvalue weighted by molar-refractivity contribution is 0.866. The molecule has 0 heterocycles. The zero-order valence-electron chi connectivity index (χ0n) is 13.8. The molecule has 0 aliphatic heterocycles. The average molecular weight is 295 g/mol. The van der Waals surface area contributed by atoms with Crippen LogP contribution >= 0.6 is 0 Å². The van der Waals surface area contributed by atoms with Crippen molar-refractivity contribution >= 4 is 17.3 Å². The van der Waals surface area contributed by atoms with Crippen LogP contribution in [0.2, 0.25) is 0 Å². The van der Waals surface area contributed by atoms with Gasteiger partial charge in [-0.15, -0.1) is 0 Å². The molecular weight excluding hydrogens is 270 g/mol. The molecule has 0 fully saturated rings. The molecule has 3 nitrogen and oxygen atoms in total. The van der Waals surface area contributed by atoms with E-state index in [1.165, 1.54) is 11.1 Å². The van der Waals surface area contributed by atoms with Gasteiger partial charge in [0.2, 0.25) is 0 Å². The first-order valence-corrected chi connectivity index (χ1v) is 7.74. The Morgan fingerprint density at radius 1 is 0.773 bits per heavy atom. The van der Waals surface area contributed by atoms with Gasteiger partial charge >= 0.3 is 0 Å². The molecule has 0 amide bonds. The van der Waals surface area contributed by atoms with Crippen LogP contribution in [0.1, 0.15) is 50.7 Å². The third-order valence-electron chi connectivity index (χ3n) is 3.88. The fourth-order valence-electron chi connectivity index (χ4n) is 2.44. The lowest BCUT2D eigenvalue weighted by Gasteiger charge is -2.24. The molecular formula is C19H25N3. The van der Waals surface area contributed by atoms with Crippen LogP contribution in [0.15, 0.2) is 48.5 Å². The number of nitrogens with zero attached hydrogens (tertiary/aromatic N) is 1. The third-order valence-corrected chi connectivity index (χ3v) is 3.88. The zero-order valence-corrected chi connectivity index (χ0v) is 13.8. The number of nitrogens with one attached hydrogen (secondary N) is 1. The Bertz CT molecular complexity index is 573. The first-order chi connectivity index (χ1) is 10.4. The lowest BCUT2D eigenvalue weighted by atomic mass is 10.0. The smallest absolute Gasteiger partial charge is 0.197 e. The highest BCUT2D eigenvalue weighted by Gasteiger charge is 2.13. The van der Waals surface area contributed by atoms with Crippen LogP contribution in [0.3, 0.4) is 0 Å². The minimum atomic E-state index is 0.0228. The molecule has 0 aliphatic carbocycles. The van der Waals surface area contributed by atoms with E-state index in [2.05, 4.69) is 52.0 Å². The number of hydrogen-bond acceptors (Lipinski definition) is 1. The third kappa shape index (κ3) is 3.48. The van der Waals surface area contributed by atoms with Crippen LogP contribution in [0, 0.1) is 5.41 Å². The summed E-state index contributed by atoms with van der Waals surface area (Å²) in [6, 6.07) is 16.5. The van der Waals surface area contributed by atoms with Crippen LogP contribution in [0.5, 0.6) is 0 Å². The van der Waals surface area contributed by atoms with Gasteiger partial charge in [-0.2, -0.15) is 0 Å². The Morgan fingerprint density at radius 3 is 1.32 bits per heavy atom. The van der Waals surface area contributed by atoms with E-state index in [1.54, 1.807) is 4.90 Å². The Hall–Kier alpha value is -2.29. The second-order valence-electron chi connectivity index (χ2n) is 6.21. The van der Waals surface area contributed by atoms with Gasteiger partial charge in [0.25, 0.3) is 0 Å². The fourth-order valence-corrected chi connectivity index (χ4v) is 2.44. The molecule has 116 valence electrons. The molecule has 0 aliphatic rings. The van der Waals surface area contributed by atoms with E-state index < -0.39 is 0 Å². The van der Waals surface area contributed by atoms with E-state index in [0.717, 1.165) is 11.4 Å². The maximum absolute atomic E-state index is 7.91. The number of anilines is 2. The van der Waals surface area contributed by atoms with Crippen molar-refractivity contribution in [2.24, 2.45) is 5.73 Å². The van der Waals surface area contributed by atoms with Crippen molar-refractivity contribution in [2.75, 3.05) is 4.90 Å². The lowest BCUT2D eigenvalue weighted by Crippen LogP contribution is -2.32. The molecule has 2 aromatic rings. The summed E-state index contributed by atoms with van der Waals surface area (Å²) >= 11 is 0. The van der Waals surface area contributed by atoms with Crippen molar-refractivity contribution in [2.45, 2.75) is 39.5 Å². The largest absolute Gasteiger partial charge is 0.369 e. The summed E-state index contributed by atoms with van der Waals surface area (Å²) in [5.41, 5.74) is 10.2. The number of rotatable bonds is 4. The molecule has 0 saturated heterocycles. The summed E-state index contributed by atoms with van der Waals surface area (Å²) in [6.45, 7) is 8.68. The summed E-state index contributed by atoms with van der Waals surface area (Å²) < 4.78 is 0. The van der Waals surface area contributed by atoms with Gasteiger partial charge in [0.1, 0.15) is 0 Å². The van der Waals surface area contributed by atoms with E-state index in [1.807, 2.05) is 24.3 Å². The molecule has 2 aromatic carbocycles. The Kier molecular flexibility index (Phi) is 4.86. The summed E-state index contributed by atoms with van der Waals surface area (Å²) in [4.78, 5) is 1.76. The fraction of sp³-hybridized carbons (Fsp3) is 0.316. The maximum atomic E-state index is 7.91. The highest BCUT2D eigenvalue weighted by molar-refractivity contribution is 5.99. The molecule has 0 aromatic heterocycles. The summed E-state index contributed by atoms with van der Waals surface area (Å²) in [5.74, 6) is 1.00. The van der Waals surface area contributed by atoms with Gasteiger partial charge in [-0.05, 0) is 47.2 Å². The molecule has 0 unspecified atom stereocenters. The molecule has 22 heavy (non-hydrogen) atoms. The van der Waals surface area contributed by atoms with Gasteiger partial charge in [-0.1, -0.05) is 52.0 Å². The number of nitrogens with two attached hydrogens (primary N) is 1. The summed E-state index contributed by atoms with van der Waals surface area (Å²) in [6.07, 6.45) is 0. The molecule has 0 saturated carbocycles. The Morgan fingerprint density at radius 2 is 1.09 bits per heavy atom. The monoisotopic (exact) mass is 295 g/mol. The molecule has 3 heteroatoms. The van der Waals surface area contributed by atoms with Gasteiger partial charge in [0, 0.05) is 11.4 Å². The number of guanidine groups is 1. The van der Waals surface area contributed by atoms with Crippen molar-refractivity contribution < 1.29 is 0 Å². The van der Waals surface area contributed by atoms with Crippen LogP contribution in [-0.4, -0.2) is 5.96 Å². The quantitative estimate of drug-likeness (QED) is 0.618. The highest BCUT2D eigenvalue weighted by atomic mass is 15.2. The van der Waals surface area contributed by atoms with Crippen molar-refractivity contribution in [3.8, 4) is 0 Å². The summed E-state index contributed by atoms with van der Waals surface area (Å²) in [7, 11) is 0. The van der Waals surface area contributed by atoms with Crippen LogP contribution in [0.25, 0.3) is 0 Å². The van der Waals surface area contributed by atoms with Gasteiger partial charge in [-0.25, -0.2) is 0 Å². The second kappa shape index (κ2) is 6.65. The first kappa shape index (κ1) is 16.1. The van der Waals surface area contributed by atoms with Gasteiger partial charge in [0.15, 0.2) is 5.96 Å². The molecule has 0 radical (unpaired) electrons. The van der Waals surface area contributed by atoms with E-state index in [4.69, 9.17) is 11.1 Å². The predicted molar refractivity (Wildman–Crippen MR) is 95.1 cm³/mol. The van der Waals surface area contributed by atoms with Crippen LogP contribution < -0.4 is 10.6 Å². The number of hydrogen-bond donors (Lipinski definition) is 2. The maximum Gasteiger partial charge on any atom is 0.197 e. The Balaban J connectivity index is 2.35. The first-order valence-electron chi connectivity index (χ1n) is 7.74. The predicted octanol–water partition coefficient (Wildman–Crippen LogP) is 4.96. The summed E-state index contributed by atoms with van der Waals surface area (Å²) in [5, 5.41) is 7.91. The van der Waals surface area contributed by atoms with Crippen molar-refractivity contribution in [3.63, 3.8) is 0 Å². The highest BCUT2D eigenvalue weighted by Crippen LogP contribution is 2.28. The van der Waals surface area contributed by atoms with E-state index in [-0.39, 0.29) is 5.96 Å². The van der Waals surface area contributed by atoms with Crippen LogP contribution in [0.4, 0.5) is 11.4 Å². The zero-order chi connectivity index (χ0) is 16.3. The van der Waals surface area contributed by atoms with Crippen molar-refractivity contribution in [3.05, 3.63) is 59.7 Å². The molecule has 3 N–H and O–H groups in total.